The molecule has 3 N–H and O–H groups in total. The summed E-state index contributed by atoms with van der Waals surface area (Å²) in [5.41, 5.74) is 4.76. The lowest BCUT2D eigenvalue weighted by Gasteiger charge is -1.99. The van der Waals surface area contributed by atoms with Crippen LogP contribution in [0, 0.1) is 0 Å². The third-order valence-corrected chi connectivity index (χ3v) is 4.15. The zero-order valence-corrected chi connectivity index (χ0v) is 17.3. The van der Waals surface area contributed by atoms with Gasteiger partial charge in [0.1, 0.15) is 0 Å². The smallest absolute Gasteiger partial charge is 0.303 e. The Balaban J connectivity index is 0. The van der Waals surface area contributed by atoms with Gasteiger partial charge in [0.15, 0.2) is 0 Å². The molecule has 0 saturated carbocycles. The summed E-state index contributed by atoms with van der Waals surface area (Å²) in [7, 11) is 0. The first-order valence-corrected chi connectivity index (χ1v) is 10.7. The zero-order chi connectivity index (χ0) is 19.9. The lowest BCUT2D eigenvalue weighted by Crippen LogP contribution is -2.08. The van der Waals surface area contributed by atoms with Crippen molar-refractivity contribution in [2.24, 2.45) is 5.73 Å². The van der Waals surface area contributed by atoms with Crippen LogP contribution in [0.15, 0.2) is 12.2 Å². The van der Waals surface area contributed by atoms with Crippen molar-refractivity contribution in [3.63, 3.8) is 0 Å². The molecule has 0 heterocycles. The molecule has 0 radical (unpaired) electrons. The molecule has 0 aliphatic rings. The van der Waals surface area contributed by atoms with E-state index < -0.39 is 5.97 Å². The standard InChI is InChI=1S/C18H34O2.C4H9NO/c1-2-3-4-5-6-7-8-9-10-11-12-13-14-15-16-17-18(19)20;1-2-3-4(5)6/h9-10H,2-8,11-17H2,1H3,(H,19,20);2-3H2,1H3,(H2,5,6)/b10-9-;. The van der Waals surface area contributed by atoms with Crippen LogP contribution in [0.3, 0.4) is 0 Å². The fourth-order valence-corrected chi connectivity index (χ4v) is 2.59. The molecule has 0 atom stereocenters. The molecule has 1 amide bonds. The van der Waals surface area contributed by atoms with Crippen molar-refractivity contribution in [1.82, 2.24) is 0 Å². The van der Waals surface area contributed by atoms with E-state index in [1.807, 2.05) is 6.92 Å². The van der Waals surface area contributed by atoms with Gasteiger partial charge in [-0.2, -0.15) is 0 Å². The molecule has 26 heavy (non-hydrogen) atoms. The Morgan fingerprint density at radius 3 is 1.54 bits per heavy atom. The zero-order valence-electron chi connectivity index (χ0n) is 17.3. The van der Waals surface area contributed by atoms with Gasteiger partial charge in [0, 0.05) is 12.8 Å². The summed E-state index contributed by atoms with van der Waals surface area (Å²) in [6, 6.07) is 0. The van der Waals surface area contributed by atoms with Gasteiger partial charge in [-0.3, -0.25) is 9.59 Å². The number of carbonyl (C=O) groups is 2. The molecule has 0 saturated heterocycles. The average molecular weight is 370 g/mol. The van der Waals surface area contributed by atoms with E-state index in [1.165, 1.54) is 70.6 Å². The normalized spacial score (nSPS) is 10.5. The van der Waals surface area contributed by atoms with Crippen molar-refractivity contribution < 1.29 is 14.7 Å². The molecule has 0 fully saturated rings. The minimum Gasteiger partial charge on any atom is -0.481 e. The second kappa shape index (κ2) is 23.7. The number of carboxylic acids is 1. The van der Waals surface area contributed by atoms with Crippen LogP contribution in [0.5, 0.6) is 0 Å². The van der Waals surface area contributed by atoms with E-state index in [1.54, 1.807) is 0 Å². The Hall–Kier alpha value is -1.32. The number of hydrogen-bond acceptors (Lipinski definition) is 2. The van der Waals surface area contributed by atoms with Crippen LogP contribution in [-0.2, 0) is 9.59 Å². The molecular formula is C22H43NO3. The highest BCUT2D eigenvalue weighted by atomic mass is 16.4. The molecule has 0 rings (SSSR count). The molecule has 0 aromatic heterocycles. The molecule has 4 nitrogen and oxygen atoms in total. The van der Waals surface area contributed by atoms with Crippen LogP contribution in [0.1, 0.15) is 117 Å². The lowest BCUT2D eigenvalue weighted by atomic mass is 10.1. The predicted molar refractivity (Wildman–Crippen MR) is 111 cm³/mol. The first kappa shape index (κ1) is 26.9. The van der Waals surface area contributed by atoms with Gasteiger partial charge in [-0.1, -0.05) is 77.4 Å². The Morgan fingerprint density at radius 2 is 1.15 bits per heavy atom. The molecule has 0 aliphatic heterocycles. The Kier molecular flexibility index (Phi) is 24.5. The van der Waals surface area contributed by atoms with Crippen molar-refractivity contribution in [1.29, 1.82) is 0 Å². The van der Waals surface area contributed by atoms with Crippen LogP contribution in [0.4, 0.5) is 0 Å². The summed E-state index contributed by atoms with van der Waals surface area (Å²) in [6.45, 7) is 4.18. The van der Waals surface area contributed by atoms with Gasteiger partial charge in [-0.05, 0) is 38.5 Å². The number of aliphatic carboxylic acids is 1. The first-order valence-electron chi connectivity index (χ1n) is 10.7. The molecule has 0 aliphatic carbocycles. The number of carbonyl (C=O) groups excluding carboxylic acids is 1. The second-order valence-electron chi connectivity index (χ2n) is 6.94. The number of nitrogens with two attached hydrogens (primary N) is 1. The maximum Gasteiger partial charge on any atom is 0.303 e. The van der Waals surface area contributed by atoms with Gasteiger partial charge in [-0.25, -0.2) is 0 Å². The van der Waals surface area contributed by atoms with Crippen molar-refractivity contribution in [3.05, 3.63) is 12.2 Å². The molecule has 0 aromatic rings. The van der Waals surface area contributed by atoms with Crippen molar-refractivity contribution in [2.75, 3.05) is 0 Å². The fourth-order valence-electron chi connectivity index (χ4n) is 2.59. The van der Waals surface area contributed by atoms with E-state index in [0.29, 0.717) is 12.8 Å². The fraction of sp³-hybridized carbons (Fsp3) is 0.818. The molecule has 154 valence electrons. The van der Waals surface area contributed by atoms with Crippen LogP contribution in [0.25, 0.3) is 0 Å². The van der Waals surface area contributed by atoms with E-state index in [9.17, 15) is 9.59 Å². The number of hydrogen-bond donors (Lipinski definition) is 2. The summed E-state index contributed by atoms with van der Waals surface area (Å²) in [5, 5.41) is 8.51. The average Bonchev–Trinajstić information content (AvgIpc) is 2.58. The molecule has 0 bridgehead atoms. The summed E-state index contributed by atoms with van der Waals surface area (Å²) in [5.74, 6) is -0.875. The number of carboxylic acid groups (broad SMARTS) is 1. The van der Waals surface area contributed by atoms with Gasteiger partial charge in [-0.15, -0.1) is 0 Å². The lowest BCUT2D eigenvalue weighted by molar-refractivity contribution is -0.137. The van der Waals surface area contributed by atoms with Crippen molar-refractivity contribution in [2.45, 2.75) is 117 Å². The van der Waals surface area contributed by atoms with E-state index in [-0.39, 0.29) is 5.91 Å². The number of primary amides is 1. The second-order valence-corrected chi connectivity index (χ2v) is 6.94. The van der Waals surface area contributed by atoms with E-state index in [4.69, 9.17) is 10.8 Å². The van der Waals surface area contributed by atoms with Crippen LogP contribution in [-0.4, -0.2) is 17.0 Å². The van der Waals surface area contributed by atoms with Gasteiger partial charge < -0.3 is 10.8 Å². The van der Waals surface area contributed by atoms with Crippen LogP contribution in [0.2, 0.25) is 0 Å². The number of unbranched alkanes of at least 4 members (excludes halogenated alkanes) is 11. The van der Waals surface area contributed by atoms with E-state index >= 15 is 0 Å². The van der Waals surface area contributed by atoms with E-state index in [2.05, 4.69) is 19.1 Å². The Labute approximate surface area is 161 Å². The maximum absolute atomic E-state index is 10.3. The number of allylic oxidation sites excluding steroid dienone is 2. The Bertz CT molecular complexity index is 340. The van der Waals surface area contributed by atoms with Crippen LogP contribution < -0.4 is 5.73 Å². The van der Waals surface area contributed by atoms with Crippen molar-refractivity contribution in [3.8, 4) is 0 Å². The summed E-state index contributed by atoms with van der Waals surface area (Å²) in [4.78, 5) is 20.1. The largest absolute Gasteiger partial charge is 0.481 e. The third kappa shape index (κ3) is 30.5. The molecule has 0 unspecified atom stereocenters. The van der Waals surface area contributed by atoms with E-state index in [0.717, 1.165) is 19.3 Å². The van der Waals surface area contributed by atoms with Gasteiger partial charge in [0.2, 0.25) is 5.91 Å². The molecule has 0 aromatic carbocycles. The predicted octanol–water partition coefficient (Wildman–Crippen LogP) is 6.38. The summed E-state index contributed by atoms with van der Waals surface area (Å²) < 4.78 is 0. The summed E-state index contributed by atoms with van der Waals surface area (Å²) in [6.07, 6.45) is 22.6. The number of rotatable bonds is 17. The first-order chi connectivity index (χ1) is 12.5. The molecular weight excluding hydrogens is 326 g/mol. The SMILES string of the molecule is CCCC(N)=O.CCCCCCCC/C=C\CCCCCCCC(=O)O. The highest BCUT2D eigenvalue weighted by Crippen LogP contribution is 2.09. The van der Waals surface area contributed by atoms with Gasteiger partial charge >= 0.3 is 5.97 Å². The quantitative estimate of drug-likeness (QED) is 0.230. The van der Waals surface area contributed by atoms with Crippen LogP contribution >= 0.6 is 0 Å². The van der Waals surface area contributed by atoms with Crippen molar-refractivity contribution >= 4 is 11.9 Å². The molecule has 0 spiro atoms. The topological polar surface area (TPSA) is 80.4 Å². The van der Waals surface area contributed by atoms with Gasteiger partial charge in [0.25, 0.3) is 0 Å². The number of amides is 1. The van der Waals surface area contributed by atoms with Gasteiger partial charge in [0.05, 0.1) is 0 Å². The minimum atomic E-state index is -0.664. The maximum atomic E-state index is 10.3. The highest BCUT2D eigenvalue weighted by Gasteiger charge is 1.95. The summed E-state index contributed by atoms with van der Waals surface area (Å²) >= 11 is 0. The molecule has 4 heteroatoms. The Morgan fingerprint density at radius 1 is 0.692 bits per heavy atom. The monoisotopic (exact) mass is 369 g/mol. The highest BCUT2D eigenvalue weighted by molar-refractivity contribution is 5.73. The third-order valence-electron chi connectivity index (χ3n) is 4.15. The minimum absolute atomic E-state index is 0.211.